The molecule has 0 bridgehead atoms. The van der Waals surface area contributed by atoms with E-state index >= 15 is 0 Å². The van der Waals surface area contributed by atoms with Crippen molar-refractivity contribution < 1.29 is 14.3 Å². The summed E-state index contributed by atoms with van der Waals surface area (Å²) in [5, 5.41) is 0. The van der Waals surface area contributed by atoms with Crippen molar-refractivity contribution in [2.24, 2.45) is 23.7 Å². The molecule has 0 saturated carbocycles. The maximum absolute atomic E-state index is 12.6. The van der Waals surface area contributed by atoms with E-state index in [2.05, 4.69) is 18.7 Å². The fraction of sp³-hybridized carbons (Fsp3) is 0.933. The minimum atomic E-state index is -0.109. The molecule has 1 amide bonds. The Morgan fingerprint density at radius 2 is 1.89 bits per heavy atom. The third-order valence-corrected chi connectivity index (χ3v) is 5.15. The lowest BCUT2D eigenvalue weighted by Crippen LogP contribution is -2.44. The number of amides is 1. The van der Waals surface area contributed by atoms with Crippen LogP contribution >= 0.6 is 0 Å². The van der Waals surface area contributed by atoms with Crippen LogP contribution in [0.2, 0.25) is 0 Å². The van der Waals surface area contributed by atoms with Crippen molar-refractivity contribution in [2.45, 2.75) is 39.4 Å². The van der Waals surface area contributed by atoms with Gasteiger partial charge in [-0.2, -0.15) is 0 Å². The summed E-state index contributed by atoms with van der Waals surface area (Å²) in [6.07, 6.45) is 3.18. The number of carbonyl (C=O) groups excluding carboxylic acids is 1. The van der Waals surface area contributed by atoms with Gasteiger partial charge in [-0.05, 0) is 31.1 Å². The normalized spacial score (nSPS) is 35.9. The third-order valence-electron chi connectivity index (χ3n) is 5.15. The zero-order valence-electron chi connectivity index (χ0n) is 12.0. The van der Waals surface area contributed by atoms with Gasteiger partial charge < -0.3 is 14.4 Å². The van der Waals surface area contributed by atoms with Gasteiger partial charge in [-0.25, -0.2) is 0 Å². The second-order valence-corrected chi connectivity index (χ2v) is 6.54. The Morgan fingerprint density at radius 1 is 1.16 bits per heavy atom. The number of ether oxygens (including phenoxy) is 2. The lowest BCUT2D eigenvalue weighted by Gasteiger charge is -2.35. The Balaban J connectivity index is 1.57. The maximum Gasteiger partial charge on any atom is 0.228 e. The Bertz CT molecular complexity index is 336. The van der Waals surface area contributed by atoms with Crippen LogP contribution in [0.15, 0.2) is 0 Å². The van der Waals surface area contributed by atoms with Crippen LogP contribution in [-0.4, -0.2) is 43.4 Å². The van der Waals surface area contributed by atoms with Gasteiger partial charge in [0.15, 0.2) is 6.29 Å². The Morgan fingerprint density at radius 3 is 2.58 bits per heavy atom. The summed E-state index contributed by atoms with van der Waals surface area (Å²) in [5.74, 6) is 2.17. The Hall–Kier alpha value is -0.610. The second kappa shape index (κ2) is 5.41. The van der Waals surface area contributed by atoms with Gasteiger partial charge in [0.2, 0.25) is 5.91 Å². The largest absolute Gasteiger partial charge is 0.352 e. The fourth-order valence-electron chi connectivity index (χ4n) is 3.74. The lowest BCUT2D eigenvalue weighted by molar-refractivity contribution is -0.138. The van der Waals surface area contributed by atoms with Crippen LogP contribution < -0.4 is 0 Å². The van der Waals surface area contributed by atoms with E-state index in [9.17, 15) is 4.79 Å². The van der Waals surface area contributed by atoms with Crippen molar-refractivity contribution in [1.82, 2.24) is 4.90 Å². The standard InChI is InChI=1S/C15H25NO3/c1-10(2)11-3-6-16(7-4-11)14(17)13-9-19-15-12(13)5-8-18-15/h10-13,15H,3-9H2,1-2H3. The number of fused-ring (bicyclic) bond motifs is 1. The number of hydrogen-bond donors (Lipinski definition) is 0. The number of piperidine rings is 1. The first-order valence-electron chi connectivity index (χ1n) is 7.69. The van der Waals surface area contributed by atoms with E-state index in [1.54, 1.807) is 0 Å². The maximum atomic E-state index is 12.6. The molecule has 3 heterocycles. The minimum absolute atomic E-state index is 0.0445. The molecule has 3 rings (SSSR count). The Labute approximate surface area is 115 Å². The highest BCUT2D eigenvalue weighted by Gasteiger charge is 2.46. The highest BCUT2D eigenvalue weighted by molar-refractivity contribution is 5.79. The number of likely N-dealkylation sites (tertiary alicyclic amines) is 1. The zero-order valence-corrected chi connectivity index (χ0v) is 12.0. The zero-order chi connectivity index (χ0) is 13.4. The molecule has 3 unspecified atom stereocenters. The van der Waals surface area contributed by atoms with E-state index < -0.39 is 0 Å². The summed E-state index contributed by atoms with van der Waals surface area (Å²) in [5.41, 5.74) is 0. The van der Waals surface area contributed by atoms with Crippen molar-refractivity contribution in [3.63, 3.8) is 0 Å². The summed E-state index contributed by atoms with van der Waals surface area (Å²) in [6.45, 7) is 7.72. The van der Waals surface area contributed by atoms with Gasteiger partial charge in [0.05, 0.1) is 19.1 Å². The average molecular weight is 267 g/mol. The highest BCUT2D eigenvalue weighted by atomic mass is 16.7. The third kappa shape index (κ3) is 2.52. The number of nitrogens with zero attached hydrogens (tertiary/aromatic N) is 1. The fourth-order valence-corrected chi connectivity index (χ4v) is 3.74. The van der Waals surface area contributed by atoms with Crippen LogP contribution in [0.5, 0.6) is 0 Å². The van der Waals surface area contributed by atoms with Crippen LogP contribution in [0.3, 0.4) is 0 Å². The molecular weight excluding hydrogens is 242 g/mol. The average Bonchev–Trinajstić information content (AvgIpc) is 3.00. The molecule has 0 aromatic carbocycles. The minimum Gasteiger partial charge on any atom is -0.352 e. The molecule has 3 atom stereocenters. The van der Waals surface area contributed by atoms with Gasteiger partial charge in [-0.3, -0.25) is 4.79 Å². The van der Waals surface area contributed by atoms with Crippen molar-refractivity contribution in [1.29, 1.82) is 0 Å². The Kier molecular flexibility index (Phi) is 3.81. The summed E-state index contributed by atoms with van der Waals surface area (Å²) < 4.78 is 11.1. The van der Waals surface area contributed by atoms with E-state index in [4.69, 9.17) is 9.47 Å². The highest BCUT2D eigenvalue weighted by Crippen LogP contribution is 2.37. The van der Waals surface area contributed by atoms with Crippen LogP contribution in [-0.2, 0) is 14.3 Å². The van der Waals surface area contributed by atoms with Crippen molar-refractivity contribution >= 4 is 5.91 Å². The number of hydrogen-bond acceptors (Lipinski definition) is 3. The molecule has 19 heavy (non-hydrogen) atoms. The molecular formula is C15H25NO3. The first kappa shape index (κ1) is 13.4. The lowest BCUT2D eigenvalue weighted by atomic mass is 9.85. The van der Waals surface area contributed by atoms with Crippen molar-refractivity contribution in [3.05, 3.63) is 0 Å². The van der Waals surface area contributed by atoms with Gasteiger partial charge in [0.25, 0.3) is 0 Å². The topological polar surface area (TPSA) is 38.8 Å². The van der Waals surface area contributed by atoms with Crippen LogP contribution in [0, 0.1) is 23.7 Å². The molecule has 3 aliphatic rings. The van der Waals surface area contributed by atoms with Crippen molar-refractivity contribution in [2.75, 3.05) is 26.3 Å². The van der Waals surface area contributed by atoms with E-state index in [-0.39, 0.29) is 12.2 Å². The first-order chi connectivity index (χ1) is 9.16. The van der Waals surface area contributed by atoms with E-state index in [1.807, 2.05) is 0 Å². The molecule has 0 aromatic rings. The van der Waals surface area contributed by atoms with E-state index in [0.717, 1.165) is 50.8 Å². The first-order valence-corrected chi connectivity index (χ1v) is 7.69. The van der Waals surface area contributed by atoms with Crippen LogP contribution in [0.4, 0.5) is 0 Å². The summed E-state index contributed by atoms with van der Waals surface area (Å²) in [4.78, 5) is 14.7. The van der Waals surface area contributed by atoms with Crippen LogP contribution in [0.25, 0.3) is 0 Å². The smallest absolute Gasteiger partial charge is 0.228 e. The molecule has 3 aliphatic heterocycles. The quantitative estimate of drug-likeness (QED) is 0.767. The van der Waals surface area contributed by atoms with E-state index in [0.29, 0.717) is 18.4 Å². The van der Waals surface area contributed by atoms with Gasteiger partial charge in [0.1, 0.15) is 0 Å². The summed E-state index contributed by atoms with van der Waals surface area (Å²) in [6, 6.07) is 0. The van der Waals surface area contributed by atoms with Gasteiger partial charge in [-0.1, -0.05) is 13.8 Å². The SMILES string of the molecule is CC(C)C1CCN(C(=O)C2COC3OCCC32)CC1. The predicted molar refractivity (Wildman–Crippen MR) is 71.4 cm³/mol. The molecule has 3 fully saturated rings. The van der Waals surface area contributed by atoms with Crippen molar-refractivity contribution in [3.8, 4) is 0 Å². The molecule has 108 valence electrons. The summed E-state index contributed by atoms with van der Waals surface area (Å²) >= 11 is 0. The molecule has 3 saturated heterocycles. The molecule has 0 aliphatic carbocycles. The number of rotatable bonds is 2. The molecule has 0 N–H and O–H groups in total. The van der Waals surface area contributed by atoms with E-state index in [1.165, 1.54) is 0 Å². The second-order valence-electron chi connectivity index (χ2n) is 6.54. The molecule has 0 aromatic heterocycles. The summed E-state index contributed by atoms with van der Waals surface area (Å²) in [7, 11) is 0. The van der Waals surface area contributed by atoms with Crippen LogP contribution in [0.1, 0.15) is 33.1 Å². The van der Waals surface area contributed by atoms with Gasteiger partial charge >= 0.3 is 0 Å². The molecule has 4 nitrogen and oxygen atoms in total. The molecule has 4 heteroatoms. The van der Waals surface area contributed by atoms with Gasteiger partial charge in [-0.15, -0.1) is 0 Å². The molecule has 0 radical (unpaired) electrons. The number of carbonyl (C=O) groups is 1. The predicted octanol–water partition coefficient (Wildman–Crippen LogP) is 1.89. The monoisotopic (exact) mass is 267 g/mol. The van der Waals surface area contributed by atoms with Gasteiger partial charge in [0, 0.05) is 19.0 Å². The molecule has 0 spiro atoms.